The largest absolute Gasteiger partial charge is 0.369 e. The quantitative estimate of drug-likeness (QED) is 0.882. The summed E-state index contributed by atoms with van der Waals surface area (Å²) in [6.07, 6.45) is 0.831. The van der Waals surface area contributed by atoms with Gasteiger partial charge in [0.25, 0.3) is 5.91 Å². The van der Waals surface area contributed by atoms with Crippen molar-refractivity contribution in [2.24, 2.45) is 5.73 Å². The molecule has 2 amide bonds. The predicted octanol–water partition coefficient (Wildman–Crippen LogP) is 0.580. The summed E-state index contributed by atoms with van der Waals surface area (Å²) in [4.78, 5) is 27.6. The molecule has 2 rings (SSSR count). The van der Waals surface area contributed by atoms with Crippen molar-refractivity contribution in [3.63, 3.8) is 0 Å². The van der Waals surface area contributed by atoms with E-state index in [0.29, 0.717) is 25.3 Å². The van der Waals surface area contributed by atoms with Gasteiger partial charge in [-0.2, -0.15) is 5.10 Å². The van der Waals surface area contributed by atoms with E-state index in [1.54, 1.807) is 0 Å². The van der Waals surface area contributed by atoms with E-state index in [-0.39, 0.29) is 23.9 Å². The number of carbonyl (C=O) groups excluding carboxylic acids is 2. The molecule has 2 heterocycles. The van der Waals surface area contributed by atoms with Crippen molar-refractivity contribution in [3.05, 3.63) is 17.5 Å². The second-order valence-electron chi connectivity index (χ2n) is 7.14. The zero-order valence-electron chi connectivity index (χ0n) is 14.5. The lowest BCUT2D eigenvalue weighted by Crippen LogP contribution is -2.38. The zero-order chi connectivity index (χ0) is 17.2. The van der Waals surface area contributed by atoms with Gasteiger partial charge >= 0.3 is 0 Å². The third-order valence-corrected chi connectivity index (χ3v) is 4.00. The van der Waals surface area contributed by atoms with Gasteiger partial charge in [-0.05, 0) is 40.2 Å². The van der Waals surface area contributed by atoms with E-state index >= 15 is 0 Å². The molecule has 0 aliphatic carbocycles. The molecule has 128 valence electrons. The van der Waals surface area contributed by atoms with Crippen molar-refractivity contribution in [2.45, 2.75) is 39.7 Å². The van der Waals surface area contributed by atoms with Crippen LogP contribution in [0.5, 0.6) is 0 Å². The van der Waals surface area contributed by atoms with Gasteiger partial charge in [-0.1, -0.05) is 0 Å². The smallest absolute Gasteiger partial charge is 0.274 e. The van der Waals surface area contributed by atoms with E-state index in [4.69, 9.17) is 5.73 Å². The SMILES string of the molecule is Cc1cc(C(=O)N2CCCN(CC(N)=O)CC2)nn1C(C)(C)C. The first-order valence-corrected chi connectivity index (χ1v) is 8.05. The fourth-order valence-corrected chi connectivity index (χ4v) is 2.97. The Morgan fingerprint density at radius 3 is 2.48 bits per heavy atom. The van der Waals surface area contributed by atoms with Crippen molar-refractivity contribution in [1.82, 2.24) is 19.6 Å². The molecule has 0 aromatic carbocycles. The van der Waals surface area contributed by atoms with Crippen molar-refractivity contribution in [1.29, 1.82) is 0 Å². The van der Waals surface area contributed by atoms with E-state index in [9.17, 15) is 9.59 Å². The highest BCUT2D eigenvalue weighted by Crippen LogP contribution is 2.18. The summed E-state index contributed by atoms with van der Waals surface area (Å²) in [5, 5.41) is 4.49. The summed E-state index contributed by atoms with van der Waals surface area (Å²) < 4.78 is 1.89. The molecule has 1 aromatic rings. The van der Waals surface area contributed by atoms with E-state index in [0.717, 1.165) is 18.7 Å². The minimum Gasteiger partial charge on any atom is -0.369 e. The Morgan fingerprint density at radius 2 is 1.91 bits per heavy atom. The molecule has 0 bridgehead atoms. The molecule has 0 saturated carbocycles. The third-order valence-electron chi connectivity index (χ3n) is 4.00. The number of rotatable bonds is 3. The molecule has 7 heteroatoms. The summed E-state index contributed by atoms with van der Waals surface area (Å²) in [5.74, 6) is -0.374. The molecule has 1 saturated heterocycles. The lowest BCUT2D eigenvalue weighted by Gasteiger charge is -2.22. The van der Waals surface area contributed by atoms with E-state index in [1.165, 1.54) is 0 Å². The van der Waals surface area contributed by atoms with Crippen LogP contribution in [-0.2, 0) is 10.3 Å². The standard InChI is InChI=1S/C16H27N5O2/c1-12-10-13(18-21(12)16(2,3)4)15(23)20-7-5-6-19(8-9-20)11-14(17)22/h10H,5-9,11H2,1-4H3,(H2,17,22). The van der Waals surface area contributed by atoms with E-state index in [1.807, 2.05) is 27.5 Å². The molecular formula is C16H27N5O2. The zero-order valence-corrected chi connectivity index (χ0v) is 14.5. The van der Waals surface area contributed by atoms with Gasteiger partial charge in [0.2, 0.25) is 5.91 Å². The maximum atomic E-state index is 12.7. The number of amides is 2. The molecule has 7 nitrogen and oxygen atoms in total. The summed E-state index contributed by atoms with van der Waals surface area (Å²) in [6.45, 7) is 11.1. The number of primary amides is 1. The first-order valence-electron chi connectivity index (χ1n) is 8.05. The Labute approximate surface area is 137 Å². The van der Waals surface area contributed by atoms with Crippen LogP contribution in [0.2, 0.25) is 0 Å². The molecule has 1 aliphatic rings. The highest BCUT2D eigenvalue weighted by atomic mass is 16.2. The summed E-state index contributed by atoms with van der Waals surface area (Å²) in [7, 11) is 0. The number of hydrogen-bond donors (Lipinski definition) is 1. The number of aryl methyl sites for hydroxylation is 1. The Morgan fingerprint density at radius 1 is 1.22 bits per heavy atom. The van der Waals surface area contributed by atoms with Gasteiger partial charge in [-0.25, -0.2) is 0 Å². The van der Waals surface area contributed by atoms with Gasteiger partial charge < -0.3 is 10.6 Å². The number of carbonyl (C=O) groups is 2. The molecular weight excluding hydrogens is 294 g/mol. The fourth-order valence-electron chi connectivity index (χ4n) is 2.97. The van der Waals surface area contributed by atoms with Crippen molar-refractivity contribution in [3.8, 4) is 0 Å². The van der Waals surface area contributed by atoms with Crippen molar-refractivity contribution >= 4 is 11.8 Å². The van der Waals surface area contributed by atoms with E-state index in [2.05, 4.69) is 25.9 Å². The summed E-state index contributed by atoms with van der Waals surface area (Å²) >= 11 is 0. The highest BCUT2D eigenvalue weighted by Gasteiger charge is 2.25. The van der Waals surface area contributed by atoms with E-state index < -0.39 is 0 Å². The Kier molecular flexibility index (Phi) is 5.09. The number of aromatic nitrogens is 2. The molecule has 1 aromatic heterocycles. The average Bonchev–Trinajstić information content (AvgIpc) is 2.68. The normalized spacial score (nSPS) is 17.1. The molecule has 23 heavy (non-hydrogen) atoms. The monoisotopic (exact) mass is 321 g/mol. The van der Waals surface area contributed by atoms with Crippen LogP contribution >= 0.6 is 0 Å². The Balaban J connectivity index is 2.07. The molecule has 0 radical (unpaired) electrons. The van der Waals surface area contributed by atoms with Crippen LogP contribution in [0.3, 0.4) is 0 Å². The summed E-state index contributed by atoms with van der Waals surface area (Å²) in [5.41, 5.74) is 6.56. The van der Waals surface area contributed by atoms with Gasteiger partial charge in [0.1, 0.15) is 0 Å². The maximum absolute atomic E-state index is 12.7. The highest BCUT2D eigenvalue weighted by molar-refractivity contribution is 5.92. The molecule has 0 atom stereocenters. The predicted molar refractivity (Wildman–Crippen MR) is 88.1 cm³/mol. The van der Waals surface area contributed by atoms with Crippen LogP contribution in [0.1, 0.15) is 43.4 Å². The molecule has 2 N–H and O–H groups in total. The molecule has 0 spiro atoms. The molecule has 1 fully saturated rings. The van der Waals surface area contributed by atoms with Crippen LogP contribution in [0.25, 0.3) is 0 Å². The fraction of sp³-hybridized carbons (Fsp3) is 0.688. The minimum atomic E-state index is -0.329. The van der Waals surface area contributed by atoms with Crippen LogP contribution in [0.15, 0.2) is 6.07 Å². The summed E-state index contributed by atoms with van der Waals surface area (Å²) in [6, 6.07) is 1.85. The Bertz CT molecular complexity index is 588. The maximum Gasteiger partial charge on any atom is 0.274 e. The number of nitrogens with zero attached hydrogens (tertiary/aromatic N) is 4. The van der Waals surface area contributed by atoms with Crippen LogP contribution in [-0.4, -0.2) is 64.1 Å². The number of nitrogens with two attached hydrogens (primary N) is 1. The van der Waals surface area contributed by atoms with Crippen LogP contribution in [0.4, 0.5) is 0 Å². The van der Waals surface area contributed by atoms with Gasteiger partial charge in [0, 0.05) is 31.9 Å². The average molecular weight is 321 g/mol. The Hall–Kier alpha value is -1.89. The van der Waals surface area contributed by atoms with Crippen LogP contribution < -0.4 is 5.73 Å². The topological polar surface area (TPSA) is 84.5 Å². The lowest BCUT2D eigenvalue weighted by atomic mass is 10.1. The third kappa shape index (κ3) is 4.31. The van der Waals surface area contributed by atoms with Crippen LogP contribution in [0, 0.1) is 6.92 Å². The van der Waals surface area contributed by atoms with Crippen molar-refractivity contribution in [2.75, 3.05) is 32.7 Å². The second kappa shape index (κ2) is 6.70. The molecule has 1 aliphatic heterocycles. The second-order valence-corrected chi connectivity index (χ2v) is 7.14. The minimum absolute atomic E-state index is 0.0444. The van der Waals surface area contributed by atoms with Gasteiger partial charge in [-0.3, -0.25) is 19.2 Å². The molecule has 0 unspecified atom stereocenters. The van der Waals surface area contributed by atoms with Gasteiger partial charge in [-0.15, -0.1) is 0 Å². The number of hydrogen-bond acceptors (Lipinski definition) is 4. The lowest BCUT2D eigenvalue weighted by molar-refractivity contribution is -0.119. The van der Waals surface area contributed by atoms with Gasteiger partial charge in [0.15, 0.2) is 5.69 Å². The first-order chi connectivity index (χ1) is 10.7. The van der Waals surface area contributed by atoms with Gasteiger partial charge in [0.05, 0.1) is 12.1 Å². The van der Waals surface area contributed by atoms with Crippen molar-refractivity contribution < 1.29 is 9.59 Å². The first kappa shape index (κ1) is 17.5.